The van der Waals surface area contributed by atoms with Crippen molar-refractivity contribution in [2.45, 2.75) is 20.8 Å². The van der Waals surface area contributed by atoms with Gasteiger partial charge < -0.3 is 11.1 Å². The molecule has 0 fully saturated rings. The van der Waals surface area contributed by atoms with Gasteiger partial charge in [-0.2, -0.15) is 5.26 Å². The van der Waals surface area contributed by atoms with Crippen LogP contribution in [-0.2, 0) is 0 Å². The number of hydrogen-bond donors (Lipinski definition) is 2. The molecule has 0 radical (unpaired) electrons. The summed E-state index contributed by atoms with van der Waals surface area (Å²) in [4.78, 5) is 0. The van der Waals surface area contributed by atoms with E-state index in [9.17, 15) is 0 Å². The largest absolute Gasteiger partial charge is 0.398 e. The second-order valence-electron chi connectivity index (χ2n) is 4.83. The molecule has 0 saturated carbocycles. The Morgan fingerprint density at radius 2 is 2.07 bits per heavy atom. The number of nitrogen functional groups attached to an aromatic ring is 1. The first-order valence-electron chi connectivity index (χ1n) is 4.96. The molecule has 0 amide bonds. The lowest BCUT2D eigenvalue weighted by molar-refractivity contribution is 0.443. The van der Waals surface area contributed by atoms with Crippen LogP contribution in [0.25, 0.3) is 0 Å². The first-order valence-corrected chi connectivity index (χ1v) is 4.96. The molecule has 0 bridgehead atoms. The van der Waals surface area contributed by atoms with Crippen LogP contribution in [0, 0.1) is 16.7 Å². The molecule has 1 rings (SSSR count). The SMILES string of the molecule is CC(C)(C)CNc1ccc(C#N)c(N)c1. The van der Waals surface area contributed by atoms with Crippen LogP contribution < -0.4 is 11.1 Å². The molecule has 3 N–H and O–H groups in total. The lowest BCUT2D eigenvalue weighted by Gasteiger charge is -2.19. The van der Waals surface area contributed by atoms with Crippen LogP contribution >= 0.6 is 0 Å². The highest BCUT2D eigenvalue weighted by Gasteiger charge is 2.09. The molecule has 0 saturated heterocycles. The number of rotatable bonds is 2. The van der Waals surface area contributed by atoms with Gasteiger partial charge in [-0.3, -0.25) is 0 Å². The molecule has 3 heteroatoms. The lowest BCUT2D eigenvalue weighted by Crippen LogP contribution is -2.19. The Morgan fingerprint density at radius 3 is 2.53 bits per heavy atom. The highest BCUT2D eigenvalue weighted by Crippen LogP contribution is 2.19. The lowest BCUT2D eigenvalue weighted by atomic mass is 9.97. The fraction of sp³-hybridized carbons (Fsp3) is 0.417. The molecule has 1 aromatic carbocycles. The van der Waals surface area contributed by atoms with Crippen molar-refractivity contribution in [2.24, 2.45) is 5.41 Å². The summed E-state index contributed by atoms with van der Waals surface area (Å²) >= 11 is 0. The van der Waals surface area contributed by atoms with E-state index < -0.39 is 0 Å². The van der Waals surface area contributed by atoms with Gasteiger partial charge in [0.1, 0.15) is 6.07 Å². The van der Waals surface area contributed by atoms with Crippen molar-refractivity contribution in [3.63, 3.8) is 0 Å². The van der Waals surface area contributed by atoms with E-state index >= 15 is 0 Å². The third-order valence-corrected chi connectivity index (χ3v) is 1.99. The maximum absolute atomic E-state index is 8.72. The minimum atomic E-state index is 0.225. The zero-order valence-electron chi connectivity index (χ0n) is 9.46. The smallest absolute Gasteiger partial charge is 0.101 e. The molecule has 1 aromatic rings. The highest BCUT2D eigenvalue weighted by atomic mass is 14.9. The zero-order valence-corrected chi connectivity index (χ0v) is 9.46. The van der Waals surface area contributed by atoms with Gasteiger partial charge in [-0.25, -0.2) is 0 Å². The molecule has 0 heterocycles. The van der Waals surface area contributed by atoms with Crippen LogP contribution in [-0.4, -0.2) is 6.54 Å². The van der Waals surface area contributed by atoms with E-state index in [4.69, 9.17) is 11.0 Å². The molecule has 0 aliphatic carbocycles. The average molecular weight is 203 g/mol. The Kier molecular flexibility index (Phi) is 3.21. The first-order chi connectivity index (χ1) is 6.92. The molecule has 15 heavy (non-hydrogen) atoms. The predicted molar refractivity (Wildman–Crippen MR) is 63.5 cm³/mol. The summed E-state index contributed by atoms with van der Waals surface area (Å²) in [6.07, 6.45) is 0. The van der Waals surface area contributed by atoms with Crippen molar-refractivity contribution >= 4 is 11.4 Å². The van der Waals surface area contributed by atoms with E-state index in [0.29, 0.717) is 11.3 Å². The maximum Gasteiger partial charge on any atom is 0.101 e. The highest BCUT2D eigenvalue weighted by molar-refractivity contribution is 5.62. The zero-order chi connectivity index (χ0) is 11.5. The fourth-order valence-electron chi connectivity index (χ4n) is 1.14. The number of benzene rings is 1. The second-order valence-corrected chi connectivity index (χ2v) is 4.83. The number of nitrogens with zero attached hydrogens (tertiary/aromatic N) is 1. The molecular weight excluding hydrogens is 186 g/mol. The van der Waals surface area contributed by atoms with E-state index in [0.717, 1.165) is 12.2 Å². The van der Waals surface area contributed by atoms with E-state index in [1.807, 2.05) is 12.1 Å². The molecule has 3 nitrogen and oxygen atoms in total. The maximum atomic E-state index is 8.72. The standard InChI is InChI=1S/C12H17N3/c1-12(2,3)8-15-10-5-4-9(7-13)11(14)6-10/h4-6,15H,8,14H2,1-3H3. The van der Waals surface area contributed by atoms with Gasteiger partial charge in [-0.15, -0.1) is 0 Å². The number of anilines is 2. The average Bonchev–Trinajstić information content (AvgIpc) is 2.14. The first kappa shape index (κ1) is 11.4. The normalized spacial score (nSPS) is 10.8. The van der Waals surface area contributed by atoms with Crippen molar-refractivity contribution in [3.05, 3.63) is 23.8 Å². The summed E-state index contributed by atoms with van der Waals surface area (Å²) in [5.41, 5.74) is 7.94. The van der Waals surface area contributed by atoms with Crippen LogP contribution in [0.1, 0.15) is 26.3 Å². The van der Waals surface area contributed by atoms with Crippen LogP contribution in [0.15, 0.2) is 18.2 Å². The molecule has 0 aromatic heterocycles. The molecule has 80 valence electrons. The summed E-state index contributed by atoms with van der Waals surface area (Å²) < 4.78 is 0. The van der Waals surface area contributed by atoms with Gasteiger partial charge in [0.05, 0.1) is 11.3 Å². The Hall–Kier alpha value is -1.69. The van der Waals surface area contributed by atoms with E-state index in [1.165, 1.54) is 0 Å². The Bertz CT molecular complexity index is 383. The molecule has 0 unspecified atom stereocenters. The van der Waals surface area contributed by atoms with E-state index in [1.54, 1.807) is 12.1 Å². The molecule has 0 aliphatic heterocycles. The Morgan fingerprint density at radius 1 is 1.40 bits per heavy atom. The van der Waals surface area contributed by atoms with Gasteiger partial charge in [-0.05, 0) is 23.6 Å². The van der Waals surface area contributed by atoms with E-state index in [-0.39, 0.29) is 5.41 Å². The summed E-state index contributed by atoms with van der Waals surface area (Å²) in [5, 5.41) is 12.0. The summed E-state index contributed by atoms with van der Waals surface area (Å²) in [6.45, 7) is 7.35. The summed E-state index contributed by atoms with van der Waals surface area (Å²) in [7, 11) is 0. The monoisotopic (exact) mass is 203 g/mol. The van der Waals surface area contributed by atoms with Crippen LogP contribution in [0.2, 0.25) is 0 Å². The van der Waals surface area contributed by atoms with Gasteiger partial charge in [0, 0.05) is 12.2 Å². The Labute approximate surface area is 90.9 Å². The van der Waals surface area contributed by atoms with Gasteiger partial charge in [0.2, 0.25) is 0 Å². The number of nitriles is 1. The second kappa shape index (κ2) is 4.22. The van der Waals surface area contributed by atoms with Crippen molar-refractivity contribution in [2.75, 3.05) is 17.6 Å². The third-order valence-electron chi connectivity index (χ3n) is 1.99. The van der Waals surface area contributed by atoms with Gasteiger partial charge in [0.15, 0.2) is 0 Å². The van der Waals surface area contributed by atoms with Crippen LogP contribution in [0.4, 0.5) is 11.4 Å². The van der Waals surface area contributed by atoms with Gasteiger partial charge in [-0.1, -0.05) is 20.8 Å². The van der Waals surface area contributed by atoms with Crippen molar-refractivity contribution < 1.29 is 0 Å². The van der Waals surface area contributed by atoms with Crippen molar-refractivity contribution in [1.82, 2.24) is 0 Å². The molecule has 0 aliphatic rings. The number of hydrogen-bond acceptors (Lipinski definition) is 3. The van der Waals surface area contributed by atoms with Crippen LogP contribution in [0.5, 0.6) is 0 Å². The number of nitrogens with two attached hydrogens (primary N) is 1. The van der Waals surface area contributed by atoms with Crippen molar-refractivity contribution in [1.29, 1.82) is 5.26 Å². The van der Waals surface area contributed by atoms with Gasteiger partial charge in [0.25, 0.3) is 0 Å². The van der Waals surface area contributed by atoms with E-state index in [2.05, 4.69) is 26.1 Å². The fourth-order valence-corrected chi connectivity index (χ4v) is 1.14. The third kappa shape index (κ3) is 3.51. The van der Waals surface area contributed by atoms with Crippen molar-refractivity contribution in [3.8, 4) is 6.07 Å². The number of nitrogens with one attached hydrogen (secondary N) is 1. The quantitative estimate of drug-likeness (QED) is 0.726. The molecule has 0 spiro atoms. The topological polar surface area (TPSA) is 61.8 Å². The Balaban J connectivity index is 2.73. The predicted octanol–water partition coefficient (Wildman–Crippen LogP) is 2.60. The molecular formula is C12H17N3. The van der Waals surface area contributed by atoms with Crippen LogP contribution in [0.3, 0.4) is 0 Å². The molecule has 0 atom stereocenters. The summed E-state index contributed by atoms with van der Waals surface area (Å²) in [5.74, 6) is 0. The minimum Gasteiger partial charge on any atom is -0.398 e. The van der Waals surface area contributed by atoms with Gasteiger partial charge >= 0.3 is 0 Å². The summed E-state index contributed by atoms with van der Waals surface area (Å²) in [6, 6.07) is 7.45. The minimum absolute atomic E-state index is 0.225.